The van der Waals surface area contributed by atoms with Gasteiger partial charge in [-0.1, -0.05) is 72.8 Å². The molecule has 0 radical (unpaired) electrons. The first-order chi connectivity index (χ1) is 17.9. The molecule has 0 aromatic heterocycles. The Morgan fingerprint density at radius 2 is 0.838 bits per heavy atom. The maximum absolute atomic E-state index is 11.4. The van der Waals surface area contributed by atoms with Crippen LogP contribution in [0.3, 0.4) is 0 Å². The van der Waals surface area contributed by atoms with Crippen LogP contribution in [0, 0.1) is 0 Å². The van der Waals surface area contributed by atoms with Gasteiger partial charge in [0.1, 0.15) is 0 Å². The first-order valence-corrected chi connectivity index (χ1v) is 19.0. The van der Waals surface area contributed by atoms with Gasteiger partial charge in [-0.15, -0.1) is 0 Å². The van der Waals surface area contributed by atoms with Crippen molar-refractivity contribution in [1.29, 1.82) is 0 Å². The molecule has 5 aromatic carbocycles. The second kappa shape index (κ2) is 13.6. The van der Waals surface area contributed by atoms with Crippen LogP contribution in [-0.2, 0) is 10.1 Å². The molecular weight excluding hydrogens is 525 g/mol. The molecule has 37 heavy (non-hydrogen) atoms. The fraction of sp³-hybridized carbons (Fsp3) is 0. The molecule has 0 fully saturated rings. The van der Waals surface area contributed by atoms with Crippen molar-refractivity contribution in [3.8, 4) is 0 Å². The summed E-state index contributed by atoms with van der Waals surface area (Å²) in [6.45, 7) is 0. The van der Waals surface area contributed by atoms with Crippen molar-refractivity contribution in [3.05, 3.63) is 146 Å². The van der Waals surface area contributed by atoms with Crippen LogP contribution in [0.25, 0.3) is 0 Å². The normalized spacial score (nSPS) is 11.2. The van der Waals surface area contributed by atoms with Gasteiger partial charge in [-0.2, -0.15) is 8.42 Å². The third kappa shape index (κ3) is 7.93. The quantitative estimate of drug-likeness (QED) is 0.186. The summed E-state index contributed by atoms with van der Waals surface area (Å²) in [6, 6.07) is 48.1. The zero-order chi connectivity index (χ0) is 26.1. The van der Waals surface area contributed by atoms with Crippen LogP contribution in [0.5, 0.6) is 0 Å². The van der Waals surface area contributed by atoms with E-state index in [1.807, 2.05) is 66.7 Å². The molecule has 0 saturated carbocycles. The Kier molecular flexibility index (Phi) is 10.3. The Balaban J connectivity index is 0.000000195. The Bertz CT molecular complexity index is 1420. The van der Waals surface area contributed by atoms with Crippen LogP contribution in [0.2, 0.25) is 0 Å². The van der Waals surface area contributed by atoms with Crippen LogP contribution >= 0.6 is 12.6 Å². The van der Waals surface area contributed by atoms with E-state index in [9.17, 15) is 13.0 Å². The summed E-state index contributed by atoms with van der Waals surface area (Å²) in [5.74, 6) is 0. The van der Waals surface area contributed by atoms with Crippen molar-refractivity contribution in [2.45, 2.75) is 4.90 Å². The molecule has 0 unspecified atom stereocenters. The molecule has 0 aliphatic carbocycles. The van der Waals surface area contributed by atoms with Gasteiger partial charge in [-0.05, 0) is 36.0 Å². The second-order valence-corrected chi connectivity index (χ2v) is 16.7. The zero-order valence-electron chi connectivity index (χ0n) is 20.4. The fourth-order valence-electron chi connectivity index (χ4n) is 3.84. The predicted octanol–water partition coefficient (Wildman–Crippen LogP) is 4.89. The van der Waals surface area contributed by atoms with E-state index in [1.165, 1.54) is 44.0 Å². The van der Waals surface area contributed by atoms with E-state index < -0.39 is 18.0 Å². The summed E-state index contributed by atoms with van der Waals surface area (Å²) in [7, 11) is -5.10. The van der Waals surface area contributed by atoms with Gasteiger partial charge < -0.3 is 0 Å². The Morgan fingerprint density at radius 3 is 1.22 bits per heavy atom. The van der Waals surface area contributed by atoms with Crippen molar-refractivity contribution in [3.63, 3.8) is 0 Å². The average molecular weight is 551 g/mol. The molecule has 0 heterocycles. The molecule has 3 nitrogen and oxygen atoms in total. The third-order valence-corrected chi connectivity index (χ3v) is 14.2. The van der Waals surface area contributed by atoms with Gasteiger partial charge in [0.2, 0.25) is 0 Å². The van der Waals surface area contributed by atoms with Crippen molar-refractivity contribution in [2.75, 3.05) is 0 Å². The van der Waals surface area contributed by atoms with Crippen LogP contribution in [0.15, 0.2) is 150 Å². The third-order valence-electron chi connectivity index (χ3n) is 5.69. The zero-order valence-corrected chi connectivity index (χ0v) is 25.0. The van der Waals surface area contributed by atoms with Crippen LogP contribution in [0.4, 0.5) is 0 Å². The van der Waals surface area contributed by atoms with Gasteiger partial charge in [0, 0.05) is 0 Å². The summed E-state index contributed by atoms with van der Waals surface area (Å²) in [4.78, 5) is -0.0747. The molecule has 0 bridgehead atoms. The van der Waals surface area contributed by atoms with E-state index in [2.05, 4.69) is 60.7 Å². The molecular formula is C30H25NaO3P2S. The van der Waals surface area contributed by atoms with Crippen molar-refractivity contribution >= 4 is 76.5 Å². The van der Waals surface area contributed by atoms with E-state index in [0.29, 0.717) is 0 Å². The monoisotopic (exact) mass is 550 g/mol. The Labute approximate surface area is 238 Å². The SMILES string of the molecule is O=S(=O)(O)c1cccc(P(c2ccccc2)c2ccccc2)c1.[Na][P](c1ccccc1)c1ccccc1. The van der Waals surface area contributed by atoms with E-state index >= 15 is 0 Å². The molecule has 0 atom stereocenters. The average Bonchev–Trinajstić information content (AvgIpc) is 2.95. The molecule has 5 aromatic rings. The molecule has 5 rings (SSSR count). The number of hydrogen-bond donors (Lipinski definition) is 1. The van der Waals surface area contributed by atoms with E-state index in [4.69, 9.17) is 0 Å². The van der Waals surface area contributed by atoms with Crippen molar-refractivity contribution in [1.82, 2.24) is 0 Å². The van der Waals surface area contributed by atoms with Gasteiger partial charge >= 0.3 is 103 Å². The van der Waals surface area contributed by atoms with E-state index in [0.717, 1.165) is 15.9 Å². The first-order valence-electron chi connectivity index (χ1n) is 11.7. The van der Waals surface area contributed by atoms with Gasteiger partial charge in [0.05, 0.1) is 4.90 Å². The molecule has 0 aliphatic heterocycles. The molecule has 1 N–H and O–H groups in total. The molecule has 180 valence electrons. The van der Waals surface area contributed by atoms with Crippen LogP contribution in [0.1, 0.15) is 0 Å². The summed E-state index contributed by atoms with van der Waals surface area (Å²) < 4.78 is 32.2. The number of benzene rings is 5. The van der Waals surface area contributed by atoms with Crippen LogP contribution in [-0.4, -0.2) is 40.3 Å². The molecule has 0 saturated heterocycles. The summed E-state index contributed by atoms with van der Waals surface area (Å²) in [6.07, 6.45) is 0. The van der Waals surface area contributed by atoms with Crippen LogP contribution < -0.4 is 26.5 Å². The minimum atomic E-state index is -4.21. The summed E-state index contributed by atoms with van der Waals surface area (Å²) in [5.41, 5.74) is 0. The minimum absolute atomic E-state index is 0.0319. The topological polar surface area (TPSA) is 54.4 Å². The molecule has 7 heteroatoms. The van der Waals surface area contributed by atoms with Gasteiger partial charge in [-0.25, -0.2) is 0 Å². The first kappa shape index (κ1) is 27.9. The van der Waals surface area contributed by atoms with Gasteiger partial charge in [-0.3, -0.25) is 4.55 Å². The van der Waals surface area contributed by atoms with Gasteiger partial charge in [0.25, 0.3) is 10.1 Å². The van der Waals surface area contributed by atoms with E-state index in [-0.39, 0.29) is 9.57 Å². The molecule has 0 aliphatic rings. The van der Waals surface area contributed by atoms with Crippen molar-refractivity contribution < 1.29 is 13.0 Å². The van der Waals surface area contributed by atoms with Gasteiger partial charge in [0.15, 0.2) is 0 Å². The molecule has 0 amide bonds. The predicted molar refractivity (Wildman–Crippen MR) is 160 cm³/mol. The molecule has 0 spiro atoms. The standard InChI is InChI=1S/C18H15O3PS.C12H10P.Na/c19-23(20,21)18-13-7-12-17(14-18)22(15-8-3-1-4-9-15)16-10-5-2-6-11-16;1-3-7-11(8-4-1)13-12-9-5-2-6-10-12;/h1-14H,(H,19,20,21);1-10H;/q;-1;+1. The number of hydrogen-bond acceptors (Lipinski definition) is 2. The number of rotatable bonds is 6. The summed E-state index contributed by atoms with van der Waals surface area (Å²) in [5, 5.41) is 6.13. The van der Waals surface area contributed by atoms with Crippen molar-refractivity contribution in [2.24, 2.45) is 0 Å². The maximum atomic E-state index is 11.4. The Hall–Kier alpha value is -2.13. The Morgan fingerprint density at radius 1 is 0.486 bits per heavy atom. The fourth-order valence-corrected chi connectivity index (χ4v) is 10.1. The van der Waals surface area contributed by atoms with E-state index in [1.54, 1.807) is 12.1 Å². The summed E-state index contributed by atoms with van der Waals surface area (Å²) >= 11 is 1.23. The second-order valence-electron chi connectivity index (χ2n) is 8.21.